The van der Waals surface area contributed by atoms with E-state index in [1.54, 1.807) is 48.5 Å². The van der Waals surface area contributed by atoms with Gasteiger partial charge in [-0.2, -0.15) is 0 Å². The molecule has 3 aromatic rings. The summed E-state index contributed by atoms with van der Waals surface area (Å²) in [6, 6.07) is 19.5. The van der Waals surface area contributed by atoms with E-state index >= 15 is 0 Å². The highest BCUT2D eigenvalue weighted by Crippen LogP contribution is 2.39. The third kappa shape index (κ3) is 5.98. The molecule has 0 aliphatic carbocycles. The first kappa shape index (κ1) is 25.5. The Hall–Kier alpha value is -3.56. The SMILES string of the molecule is COc1cc(/C=C2\SC(=O)N(CCOc3ccc(C)cc3)C2=O)cc(Br)c1OC(=O)c1ccccc1. The van der Waals surface area contributed by atoms with Gasteiger partial charge in [0.15, 0.2) is 11.5 Å². The molecule has 2 amide bonds. The predicted octanol–water partition coefficient (Wildman–Crippen LogP) is 6.10. The summed E-state index contributed by atoms with van der Waals surface area (Å²) in [5.74, 6) is 0.257. The zero-order chi connectivity index (χ0) is 25.7. The Morgan fingerprint density at radius 2 is 1.78 bits per heavy atom. The third-order valence-corrected chi connectivity index (χ3v) is 6.73. The molecule has 0 unspecified atom stereocenters. The molecule has 0 radical (unpaired) electrons. The van der Waals surface area contributed by atoms with E-state index in [4.69, 9.17) is 14.2 Å². The minimum Gasteiger partial charge on any atom is -0.493 e. The molecule has 1 saturated heterocycles. The highest BCUT2D eigenvalue weighted by atomic mass is 79.9. The van der Waals surface area contributed by atoms with Crippen LogP contribution in [0.4, 0.5) is 4.79 Å². The Kier molecular flexibility index (Phi) is 8.12. The maximum absolute atomic E-state index is 12.9. The smallest absolute Gasteiger partial charge is 0.343 e. The first-order valence-electron chi connectivity index (χ1n) is 11.0. The average molecular weight is 568 g/mol. The highest BCUT2D eigenvalue weighted by molar-refractivity contribution is 9.10. The number of esters is 1. The first-order valence-corrected chi connectivity index (χ1v) is 12.6. The molecule has 36 heavy (non-hydrogen) atoms. The number of carbonyl (C=O) groups excluding carboxylic acids is 3. The van der Waals surface area contributed by atoms with Crippen LogP contribution in [0.5, 0.6) is 17.2 Å². The lowest BCUT2D eigenvalue weighted by Gasteiger charge is -2.13. The Balaban J connectivity index is 1.46. The van der Waals surface area contributed by atoms with Gasteiger partial charge in [-0.1, -0.05) is 35.9 Å². The number of ether oxygens (including phenoxy) is 3. The fraction of sp³-hybridized carbons (Fsp3) is 0.148. The van der Waals surface area contributed by atoms with Crippen molar-refractivity contribution in [2.45, 2.75) is 6.92 Å². The molecular weight excluding hydrogens is 546 g/mol. The van der Waals surface area contributed by atoms with Gasteiger partial charge in [-0.05, 0) is 82.7 Å². The maximum Gasteiger partial charge on any atom is 0.343 e. The van der Waals surface area contributed by atoms with Crippen LogP contribution in [0.25, 0.3) is 6.08 Å². The summed E-state index contributed by atoms with van der Waals surface area (Å²) in [5.41, 5.74) is 2.11. The lowest BCUT2D eigenvalue weighted by atomic mass is 10.1. The number of halogens is 1. The topological polar surface area (TPSA) is 82.1 Å². The molecule has 3 aromatic carbocycles. The number of carbonyl (C=O) groups is 3. The van der Waals surface area contributed by atoms with Crippen LogP contribution in [0, 0.1) is 6.92 Å². The summed E-state index contributed by atoms with van der Waals surface area (Å²) in [6.45, 7) is 2.31. The second-order valence-corrected chi connectivity index (χ2v) is 9.63. The van der Waals surface area contributed by atoms with E-state index in [-0.39, 0.29) is 29.0 Å². The van der Waals surface area contributed by atoms with Crippen LogP contribution in [-0.4, -0.2) is 42.3 Å². The van der Waals surface area contributed by atoms with Gasteiger partial charge in [0.25, 0.3) is 11.1 Å². The maximum atomic E-state index is 12.9. The lowest BCUT2D eigenvalue weighted by Crippen LogP contribution is -2.32. The summed E-state index contributed by atoms with van der Waals surface area (Å²) in [5, 5.41) is -0.363. The van der Waals surface area contributed by atoms with Crippen LogP contribution < -0.4 is 14.2 Å². The van der Waals surface area contributed by atoms with E-state index in [2.05, 4.69) is 15.9 Å². The monoisotopic (exact) mass is 567 g/mol. The number of benzene rings is 3. The molecule has 0 saturated carbocycles. The lowest BCUT2D eigenvalue weighted by molar-refractivity contribution is -0.123. The minimum atomic E-state index is -0.531. The Morgan fingerprint density at radius 3 is 2.47 bits per heavy atom. The van der Waals surface area contributed by atoms with Gasteiger partial charge in [-0.15, -0.1) is 0 Å². The molecular formula is C27H22BrNO6S. The van der Waals surface area contributed by atoms with Crippen molar-refractivity contribution in [1.29, 1.82) is 0 Å². The number of nitrogens with zero attached hydrogens (tertiary/aromatic N) is 1. The van der Waals surface area contributed by atoms with Crippen LogP contribution in [0.2, 0.25) is 0 Å². The van der Waals surface area contributed by atoms with E-state index in [0.717, 1.165) is 22.2 Å². The molecule has 7 nitrogen and oxygen atoms in total. The number of hydrogen-bond acceptors (Lipinski definition) is 7. The van der Waals surface area contributed by atoms with Crippen molar-refractivity contribution in [3.8, 4) is 17.2 Å². The average Bonchev–Trinajstić information content (AvgIpc) is 3.14. The van der Waals surface area contributed by atoms with E-state index in [1.807, 2.05) is 31.2 Å². The van der Waals surface area contributed by atoms with E-state index in [0.29, 0.717) is 27.1 Å². The van der Waals surface area contributed by atoms with Gasteiger partial charge in [-0.3, -0.25) is 14.5 Å². The van der Waals surface area contributed by atoms with Crippen LogP contribution in [-0.2, 0) is 4.79 Å². The zero-order valence-electron chi connectivity index (χ0n) is 19.5. The fourth-order valence-corrected chi connectivity index (χ4v) is 4.79. The Morgan fingerprint density at radius 1 is 1.06 bits per heavy atom. The first-order chi connectivity index (χ1) is 17.4. The molecule has 0 bridgehead atoms. The van der Waals surface area contributed by atoms with Gasteiger partial charge in [0.05, 0.1) is 28.6 Å². The van der Waals surface area contributed by atoms with Crippen LogP contribution >= 0.6 is 27.7 Å². The quantitative estimate of drug-likeness (QED) is 0.185. The highest BCUT2D eigenvalue weighted by Gasteiger charge is 2.35. The molecule has 1 aliphatic heterocycles. The molecule has 184 valence electrons. The third-order valence-electron chi connectivity index (χ3n) is 5.23. The van der Waals surface area contributed by atoms with Crippen molar-refractivity contribution in [1.82, 2.24) is 4.90 Å². The van der Waals surface area contributed by atoms with E-state index in [9.17, 15) is 14.4 Å². The number of amides is 2. The van der Waals surface area contributed by atoms with Crippen LogP contribution in [0.1, 0.15) is 21.5 Å². The molecule has 1 heterocycles. The number of aryl methyl sites for hydroxylation is 1. The second kappa shape index (κ2) is 11.5. The Labute approximate surface area is 221 Å². The molecule has 1 aliphatic rings. The summed E-state index contributed by atoms with van der Waals surface area (Å²) in [6.07, 6.45) is 1.60. The zero-order valence-corrected chi connectivity index (χ0v) is 21.9. The van der Waals surface area contributed by atoms with Crippen molar-refractivity contribution in [3.63, 3.8) is 0 Å². The number of thioether (sulfide) groups is 1. The molecule has 1 fully saturated rings. The minimum absolute atomic E-state index is 0.136. The van der Waals surface area contributed by atoms with Crippen molar-refractivity contribution < 1.29 is 28.6 Å². The molecule has 0 N–H and O–H groups in total. The standard InChI is InChI=1S/C27H22BrNO6S/c1-17-8-10-20(11-9-17)34-13-12-29-25(30)23(36-27(29)32)16-18-14-21(28)24(22(15-18)33-2)35-26(31)19-6-4-3-5-7-19/h3-11,14-16H,12-13H2,1-2H3/b23-16-. The molecule has 0 aromatic heterocycles. The molecule has 9 heteroatoms. The van der Waals surface area contributed by atoms with Gasteiger partial charge in [0.1, 0.15) is 12.4 Å². The van der Waals surface area contributed by atoms with Gasteiger partial charge in [-0.25, -0.2) is 4.79 Å². The van der Waals surface area contributed by atoms with Gasteiger partial charge in [0, 0.05) is 0 Å². The number of methoxy groups -OCH3 is 1. The van der Waals surface area contributed by atoms with Gasteiger partial charge < -0.3 is 14.2 Å². The van der Waals surface area contributed by atoms with Crippen molar-refractivity contribution >= 4 is 50.9 Å². The normalized spacial score (nSPS) is 14.3. The molecule has 4 rings (SSSR count). The Bertz CT molecular complexity index is 1320. The van der Waals surface area contributed by atoms with Crippen molar-refractivity contribution in [2.24, 2.45) is 0 Å². The van der Waals surface area contributed by atoms with Gasteiger partial charge >= 0.3 is 5.97 Å². The number of hydrogen-bond donors (Lipinski definition) is 0. The summed E-state index contributed by atoms with van der Waals surface area (Å²) < 4.78 is 17.1. The van der Waals surface area contributed by atoms with E-state index in [1.165, 1.54) is 7.11 Å². The summed E-state index contributed by atoms with van der Waals surface area (Å²) in [7, 11) is 1.45. The van der Waals surface area contributed by atoms with Crippen LogP contribution in [0.15, 0.2) is 76.1 Å². The second-order valence-electron chi connectivity index (χ2n) is 7.78. The molecule has 0 spiro atoms. The largest absolute Gasteiger partial charge is 0.493 e. The molecule has 0 atom stereocenters. The van der Waals surface area contributed by atoms with Crippen molar-refractivity contribution in [2.75, 3.05) is 20.3 Å². The summed E-state index contributed by atoms with van der Waals surface area (Å²) >= 11 is 4.27. The van der Waals surface area contributed by atoms with E-state index < -0.39 is 11.9 Å². The van der Waals surface area contributed by atoms with Crippen LogP contribution in [0.3, 0.4) is 0 Å². The number of rotatable bonds is 8. The van der Waals surface area contributed by atoms with Crippen molar-refractivity contribution in [3.05, 3.63) is 92.8 Å². The predicted molar refractivity (Wildman–Crippen MR) is 141 cm³/mol. The fourth-order valence-electron chi connectivity index (χ4n) is 3.38. The number of imide groups is 1. The summed E-state index contributed by atoms with van der Waals surface area (Å²) in [4.78, 5) is 39.2. The van der Waals surface area contributed by atoms with Gasteiger partial charge in [0.2, 0.25) is 0 Å².